The first-order valence-electron chi connectivity index (χ1n) is 5.65. The third kappa shape index (κ3) is 4.47. The van der Waals surface area contributed by atoms with E-state index in [1.165, 1.54) is 4.90 Å². The molecule has 0 N–H and O–H groups in total. The molecule has 0 spiro atoms. The van der Waals surface area contributed by atoms with Crippen LogP contribution in [0.25, 0.3) is 0 Å². The number of aryl methyl sites for hydroxylation is 1. The van der Waals surface area contributed by atoms with Gasteiger partial charge in [0.1, 0.15) is 5.01 Å². The summed E-state index contributed by atoms with van der Waals surface area (Å²) in [5.74, 6) is 1.59. The monoisotopic (exact) mass is 317 g/mol. The van der Waals surface area contributed by atoms with Gasteiger partial charge < -0.3 is 0 Å². The second-order valence-corrected chi connectivity index (χ2v) is 6.58. The molecule has 18 heavy (non-hydrogen) atoms. The first-order valence-corrected chi connectivity index (χ1v) is 8.43. The molecule has 5 heteroatoms. The van der Waals surface area contributed by atoms with Gasteiger partial charge in [0.15, 0.2) is 0 Å². The normalized spacial score (nSPS) is 10.8. The zero-order valence-corrected chi connectivity index (χ0v) is 12.9. The highest BCUT2D eigenvalue weighted by Crippen LogP contribution is 2.26. The molecule has 1 aromatic heterocycles. The van der Waals surface area contributed by atoms with Crippen molar-refractivity contribution in [1.29, 1.82) is 0 Å². The summed E-state index contributed by atoms with van der Waals surface area (Å²) in [4.78, 5) is 5.77. The van der Waals surface area contributed by atoms with Crippen molar-refractivity contribution in [3.05, 3.63) is 45.4 Å². The van der Waals surface area contributed by atoms with Gasteiger partial charge in [0, 0.05) is 21.2 Å². The highest BCUT2D eigenvalue weighted by Gasteiger charge is 2.03. The molecule has 0 bridgehead atoms. The fraction of sp³-hybridized carbons (Fsp3) is 0.308. The summed E-state index contributed by atoms with van der Waals surface area (Å²) in [5.41, 5.74) is 1.15. The van der Waals surface area contributed by atoms with E-state index in [0.717, 1.165) is 34.3 Å². The number of hydrogen-bond donors (Lipinski definition) is 0. The summed E-state index contributed by atoms with van der Waals surface area (Å²) in [6, 6.07) is 7.91. The Hall–Kier alpha value is -0.220. The van der Waals surface area contributed by atoms with Crippen LogP contribution in [-0.4, -0.2) is 10.9 Å². The molecule has 0 saturated heterocycles. The van der Waals surface area contributed by atoms with E-state index >= 15 is 0 Å². The topological polar surface area (TPSA) is 12.9 Å². The van der Waals surface area contributed by atoms with Gasteiger partial charge in [-0.1, -0.05) is 17.7 Å². The fourth-order valence-corrected chi connectivity index (χ4v) is 3.67. The molecule has 1 heterocycles. The maximum Gasteiger partial charge on any atom is 0.103 e. The number of alkyl halides is 1. The molecule has 0 radical (unpaired) electrons. The third-order valence-electron chi connectivity index (χ3n) is 2.32. The van der Waals surface area contributed by atoms with Gasteiger partial charge >= 0.3 is 0 Å². The van der Waals surface area contributed by atoms with E-state index in [0.29, 0.717) is 5.88 Å². The Labute approximate surface area is 126 Å². The molecule has 0 fully saturated rings. The van der Waals surface area contributed by atoms with E-state index < -0.39 is 0 Å². The molecule has 0 aliphatic heterocycles. The van der Waals surface area contributed by atoms with E-state index in [1.54, 1.807) is 23.1 Å². The summed E-state index contributed by atoms with van der Waals surface area (Å²) < 4.78 is 0. The van der Waals surface area contributed by atoms with Gasteiger partial charge in [0.05, 0.1) is 11.4 Å². The standard InChI is InChI=1S/C13H13Cl2NS2/c14-6-2-4-11-8-18-13(16-11)9-17-12-5-1-3-10(15)7-12/h1,3,5,7-8H,2,4,6,9H2. The Morgan fingerprint density at radius 3 is 3.00 bits per heavy atom. The van der Waals surface area contributed by atoms with Gasteiger partial charge in [0.25, 0.3) is 0 Å². The third-order valence-corrected chi connectivity index (χ3v) is 4.91. The molecule has 1 nitrogen and oxygen atoms in total. The minimum Gasteiger partial charge on any atom is -0.245 e. The number of rotatable bonds is 6. The lowest BCUT2D eigenvalue weighted by Gasteiger charge is -1.99. The van der Waals surface area contributed by atoms with Crippen molar-refractivity contribution < 1.29 is 0 Å². The SMILES string of the molecule is ClCCCc1csc(CSc2cccc(Cl)c2)n1. The number of benzene rings is 1. The summed E-state index contributed by atoms with van der Waals surface area (Å²) in [6.45, 7) is 0. The van der Waals surface area contributed by atoms with Crippen molar-refractivity contribution in [2.24, 2.45) is 0 Å². The summed E-state index contributed by atoms with van der Waals surface area (Å²) in [7, 11) is 0. The predicted octanol–water partition coefficient (Wildman–Crippen LogP) is 5.26. The average Bonchev–Trinajstić information content (AvgIpc) is 2.82. The fourth-order valence-electron chi connectivity index (χ4n) is 1.48. The summed E-state index contributed by atoms with van der Waals surface area (Å²) >= 11 is 15.1. The molecule has 0 aliphatic rings. The van der Waals surface area contributed by atoms with Crippen molar-refractivity contribution in [2.75, 3.05) is 5.88 Å². The van der Waals surface area contributed by atoms with Crippen LogP contribution in [-0.2, 0) is 12.2 Å². The molecule has 2 rings (SSSR count). The van der Waals surface area contributed by atoms with Gasteiger partial charge in [0.2, 0.25) is 0 Å². The number of thiazole rings is 1. The van der Waals surface area contributed by atoms with Crippen molar-refractivity contribution in [1.82, 2.24) is 4.98 Å². The number of halogens is 2. The Bertz CT molecular complexity index is 499. The average molecular weight is 318 g/mol. The smallest absolute Gasteiger partial charge is 0.103 e. The largest absolute Gasteiger partial charge is 0.245 e. The van der Waals surface area contributed by atoms with Crippen LogP contribution in [0.1, 0.15) is 17.1 Å². The van der Waals surface area contributed by atoms with Crippen LogP contribution in [0.2, 0.25) is 5.02 Å². The minimum absolute atomic E-state index is 0.699. The van der Waals surface area contributed by atoms with Crippen LogP contribution in [0, 0.1) is 0 Å². The van der Waals surface area contributed by atoms with Gasteiger partial charge in [-0.25, -0.2) is 4.98 Å². The minimum atomic E-state index is 0.699. The lowest BCUT2D eigenvalue weighted by molar-refractivity contribution is 0.893. The first kappa shape index (κ1) is 14.2. The van der Waals surface area contributed by atoms with Crippen molar-refractivity contribution >= 4 is 46.3 Å². The maximum absolute atomic E-state index is 5.95. The zero-order valence-electron chi connectivity index (χ0n) is 9.73. The maximum atomic E-state index is 5.95. The van der Waals surface area contributed by atoms with E-state index in [2.05, 4.69) is 16.4 Å². The van der Waals surface area contributed by atoms with E-state index in [-0.39, 0.29) is 0 Å². The van der Waals surface area contributed by atoms with E-state index in [1.807, 2.05) is 18.2 Å². The van der Waals surface area contributed by atoms with Crippen molar-refractivity contribution in [2.45, 2.75) is 23.5 Å². The summed E-state index contributed by atoms with van der Waals surface area (Å²) in [6.07, 6.45) is 1.97. The lowest BCUT2D eigenvalue weighted by Crippen LogP contribution is -1.87. The Kier molecular flexibility index (Phi) is 5.83. The highest BCUT2D eigenvalue weighted by molar-refractivity contribution is 7.98. The lowest BCUT2D eigenvalue weighted by atomic mass is 10.3. The molecule has 1 aromatic carbocycles. The molecule has 96 valence electrons. The number of hydrogen-bond acceptors (Lipinski definition) is 3. The van der Waals surface area contributed by atoms with Crippen LogP contribution in [0.4, 0.5) is 0 Å². The first-order chi connectivity index (χ1) is 8.78. The molecule has 0 atom stereocenters. The molecule has 0 amide bonds. The molecule has 0 unspecified atom stereocenters. The van der Waals surface area contributed by atoms with Gasteiger partial charge in [-0.05, 0) is 31.0 Å². The Morgan fingerprint density at radius 1 is 1.33 bits per heavy atom. The highest BCUT2D eigenvalue weighted by atomic mass is 35.5. The second-order valence-electron chi connectivity index (χ2n) is 3.77. The number of aromatic nitrogens is 1. The Balaban J connectivity index is 1.88. The number of thioether (sulfide) groups is 1. The number of nitrogens with zero attached hydrogens (tertiary/aromatic N) is 1. The van der Waals surface area contributed by atoms with Crippen molar-refractivity contribution in [3.8, 4) is 0 Å². The van der Waals surface area contributed by atoms with Crippen LogP contribution in [0.5, 0.6) is 0 Å². The van der Waals surface area contributed by atoms with Crippen LogP contribution < -0.4 is 0 Å². The van der Waals surface area contributed by atoms with Gasteiger partial charge in [-0.15, -0.1) is 34.7 Å². The van der Waals surface area contributed by atoms with Crippen molar-refractivity contribution in [3.63, 3.8) is 0 Å². The molecule has 0 saturated carbocycles. The molecular formula is C13H13Cl2NS2. The second kappa shape index (κ2) is 7.39. The molecule has 2 aromatic rings. The van der Waals surface area contributed by atoms with E-state index in [9.17, 15) is 0 Å². The molecule has 0 aliphatic carbocycles. The van der Waals surface area contributed by atoms with Crippen LogP contribution in [0.15, 0.2) is 34.5 Å². The zero-order chi connectivity index (χ0) is 12.8. The quantitative estimate of drug-likeness (QED) is 0.532. The van der Waals surface area contributed by atoms with Gasteiger partial charge in [-0.2, -0.15) is 0 Å². The Morgan fingerprint density at radius 2 is 2.22 bits per heavy atom. The molecular weight excluding hydrogens is 305 g/mol. The van der Waals surface area contributed by atoms with Gasteiger partial charge in [-0.3, -0.25) is 0 Å². The predicted molar refractivity (Wildman–Crippen MR) is 82.2 cm³/mol. The van der Waals surface area contributed by atoms with E-state index in [4.69, 9.17) is 23.2 Å². The summed E-state index contributed by atoms with van der Waals surface area (Å²) in [5, 5.41) is 4.06. The van der Waals surface area contributed by atoms with Crippen LogP contribution >= 0.6 is 46.3 Å². The van der Waals surface area contributed by atoms with Crippen LogP contribution in [0.3, 0.4) is 0 Å².